The molecule has 2 amide bonds. The van der Waals surface area contributed by atoms with Crippen molar-refractivity contribution in [1.29, 1.82) is 0 Å². The maximum absolute atomic E-state index is 12.5. The Hall–Kier alpha value is -3.36. The number of nitrogens with zero attached hydrogens (tertiary/aromatic N) is 4. The summed E-state index contributed by atoms with van der Waals surface area (Å²) in [6, 6.07) is 7.49. The van der Waals surface area contributed by atoms with Gasteiger partial charge in [0.05, 0.1) is 13.7 Å². The zero-order chi connectivity index (χ0) is 21.0. The third kappa shape index (κ3) is 4.74. The summed E-state index contributed by atoms with van der Waals surface area (Å²) in [6.07, 6.45) is 1.55. The number of Topliss-reactive ketones (excluding diaryl/α,β-unsaturated/α-hetero) is 1. The van der Waals surface area contributed by atoms with E-state index in [1.807, 2.05) is 24.3 Å². The van der Waals surface area contributed by atoms with Crippen LogP contribution in [-0.2, 0) is 11.8 Å². The van der Waals surface area contributed by atoms with Gasteiger partial charge in [0.2, 0.25) is 11.8 Å². The summed E-state index contributed by atoms with van der Waals surface area (Å²) in [5, 5.41) is 6.67. The minimum absolute atomic E-state index is 0.0397. The number of methoxy groups -OCH3 is 1. The van der Waals surface area contributed by atoms with Crippen molar-refractivity contribution in [2.24, 2.45) is 7.05 Å². The van der Waals surface area contributed by atoms with E-state index in [1.165, 1.54) is 11.8 Å². The highest BCUT2D eigenvalue weighted by atomic mass is 16.5. The summed E-state index contributed by atoms with van der Waals surface area (Å²) in [5.74, 6) is -0.264. The first-order chi connectivity index (χ1) is 13.9. The van der Waals surface area contributed by atoms with E-state index in [0.29, 0.717) is 37.3 Å². The summed E-state index contributed by atoms with van der Waals surface area (Å²) in [5.41, 5.74) is 2.00. The standard InChI is InChI=1S/C20H25N5O4/c1-14(26)15-4-6-16(7-5-15)24-8-10-25(11-9-24)18(27)12-21-19(28)17-13-23(2)22-20(17)29-3/h4-7,13H,8-12H2,1-3H3,(H,21,28). The number of aryl methyl sites for hydroxylation is 1. The smallest absolute Gasteiger partial charge is 0.258 e. The monoisotopic (exact) mass is 399 g/mol. The maximum Gasteiger partial charge on any atom is 0.258 e. The third-order valence-electron chi connectivity index (χ3n) is 4.90. The molecule has 0 atom stereocenters. The molecule has 1 fully saturated rings. The fourth-order valence-corrected chi connectivity index (χ4v) is 3.26. The lowest BCUT2D eigenvalue weighted by Gasteiger charge is -2.36. The van der Waals surface area contributed by atoms with Gasteiger partial charge in [0.25, 0.3) is 5.91 Å². The number of aromatic nitrogens is 2. The van der Waals surface area contributed by atoms with Gasteiger partial charge in [-0.15, -0.1) is 5.10 Å². The van der Waals surface area contributed by atoms with Crippen LogP contribution in [0.5, 0.6) is 5.88 Å². The van der Waals surface area contributed by atoms with E-state index >= 15 is 0 Å². The molecule has 29 heavy (non-hydrogen) atoms. The molecule has 2 aromatic rings. The van der Waals surface area contributed by atoms with Gasteiger partial charge in [-0.1, -0.05) is 0 Å². The fraction of sp³-hybridized carbons (Fsp3) is 0.400. The first-order valence-electron chi connectivity index (χ1n) is 9.38. The fourth-order valence-electron chi connectivity index (χ4n) is 3.26. The number of hydrogen-bond acceptors (Lipinski definition) is 6. The zero-order valence-corrected chi connectivity index (χ0v) is 16.8. The summed E-state index contributed by atoms with van der Waals surface area (Å²) in [4.78, 5) is 40.0. The van der Waals surface area contributed by atoms with Crippen molar-refractivity contribution in [3.8, 4) is 5.88 Å². The molecule has 0 unspecified atom stereocenters. The lowest BCUT2D eigenvalue weighted by molar-refractivity contribution is -0.130. The van der Waals surface area contributed by atoms with E-state index in [1.54, 1.807) is 25.1 Å². The molecule has 0 bridgehead atoms. The molecule has 1 aliphatic rings. The predicted octanol–water partition coefficient (Wildman–Crippen LogP) is 0.710. The molecule has 0 radical (unpaired) electrons. The maximum atomic E-state index is 12.5. The summed E-state index contributed by atoms with van der Waals surface area (Å²) < 4.78 is 6.56. The average molecular weight is 399 g/mol. The first kappa shape index (κ1) is 20.4. The van der Waals surface area contributed by atoms with Crippen LogP contribution in [0.3, 0.4) is 0 Å². The predicted molar refractivity (Wildman–Crippen MR) is 107 cm³/mol. The second-order valence-electron chi connectivity index (χ2n) is 6.88. The van der Waals surface area contributed by atoms with Crippen LogP contribution in [0.15, 0.2) is 30.5 Å². The van der Waals surface area contributed by atoms with E-state index in [0.717, 1.165) is 5.69 Å². The van der Waals surface area contributed by atoms with Crippen molar-refractivity contribution in [3.63, 3.8) is 0 Å². The van der Waals surface area contributed by atoms with Crippen LogP contribution in [0.1, 0.15) is 27.6 Å². The van der Waals surface area contributed by atoms with Crippen LogP contribution >= 0.6 is 0 Å². The number of rotatable bonds is 6. The van der Waals surface area contributed by atoms with Gasteiger partial charge in [0.15, 0.2) is 5.78 Å². The molecule has 0 spiro atoms. The molecule has 9 heteroatoms. The second-order valence-corrected chi connectivity index (χ2v) is 6.88. The summed E-state index contributed by atoms with van der Waals surface area (Å²) >= 11 is 0. The Labute approximate surface area is 169 Å². The Morgan fingerprint density at radius 1 is 1.10 bits per heavy atom. The lowest BCUT2D eigenvalue weighted by Crippen LogP contribution is -2.51. The molecule has 1 aromatic carbocycles. The second kappa shape index (κ2) is 8.76. The molecular weight excluding hydrogens is 374 g/mol. The van der Waals surface area contributed by atoms with Gasteiger partial charge in [-0.25, -0.2) is 0 Å². The van der Waals surface area contributed by atoms with E-state index in [2.05, 4.69) is 15.3 Å². The van der Waals surface area contributed by atoms with Crippen molar-refractivity contribution in [3.05, 3.63) is 41.6 Å². The number of hydrogen-bond donors (Lipinski definition) is 1. The minimum Gasteiger partial charge on any atom is -0.479 e. The summed E-state index contributed by atoms with van der Waals surface area (Å²) in [7, 11) is 3.13. The van der Waals surface area contributed by atoms with E-state index in [9.17, 15) is 14.4 Å². The van der Waals surface area contributed by atoms with E-state index in [4.69, 9.17) is 4.74 Å². The highest BCUT2D eigenvalue weighted by Crippen LogP contribution is 2.18. The SMILES string of the molecule is COc1nn(C)cc1C(=O)NCC(=O)N1CCN(c2ccc(C(C)=O)cc2)CC1. The van der Waals surface area contributed by atoms with Gasteiger partial charge >= 0.3 is 0 Å². The van der Waals surface area contributed by atoms with Crippen LogP contribution in [0.2, 0.25) is 0 Å². The molecule has 1 N–H and O–H groups in total. The molecular formula is C20H25N5O4. The topological polar surface area (TPSA) is 96.8 Å². The highest BCUT2D eigenvalue weighted by molar-refractivity contribution is 5.98. The first-order valence-corrected chi connectivity index (χ1v) is 9.38. The van der Waals surface area contributed by atoms with Crippen molar-refractivity contribution < 1.29 is 19.1 Å². The molecule has 9 nitrogen and oxygen atoms in total. The molecule has 1 aliphatic heterocycles. The summed E-state index contributed by atoms with van der Waals surface area (Å²) in [6.45, 7) is 3.98. The number of carbonyl (C=O) groups is 3. The number of piperazine rings is 1. The van der Waals surface area contributed by atoms with E-state index < -0.39 is 5.91 Å². The highest BCUT2D eigenvalue weighted by Gasteiger charge is 2.23. The average Bonchev–Trinajstić information content (AvgIpc) is 3.13. The van der Waals surface area contributed by atoms with Crippen molar-refractivity contribution >= 4 is 23.3 Å². The van der Waals surface area contributed by atoms with Gasteiger partial charge in [-0.05, 0) is 31.2 Å². The van der Waals surface area contributed by atoms with Gasteiger partial charge in [0, 0.05) is 50.7 Å². The molecule has 154 valence electrons. The lowest BCUT2D eigenvalue weighted by atomic mass is 10.1. The normalized spacial score (nSPS) is 13.9. The van der Waals surface area contributed by atoms with Crippen LogP contribution in [0.25, 0.3) is 0 Å². The molecule has 1 saturated heterocycles. The number of benzene rings is 1. The van der Waals surface area contributed by atoms with Crippen molar-refractivity contribution in [2.75, 3.05) is 44.7 Å². The number of ether oxygens (including phenoxy) is 1. The number of carbonyl (C=O) groups excluding carboxylic acids is 3. The zero-order valence-electron chi connectivity index (χ0n) is 16.8. The molecule has 0 saturated carbocycles. The van der Waals surface area contributed by atoms with E-state index in [-0.39, 0.29) is 24.1 Å². The van der Waals surface area contributed by atoms with Crippen LogP contribution < -0.4 is 15.0 Å². The van der Waals surface area contributed by atoms with Crippen LogP contribution in [0.4, 0.5) is 5.69 Å². The van der Waals surface area contributed by atoms with Gasteiger partial charge in [0.1, 0.15) is 5.56 Å². The Morgan fingerprint density at radius 3 is 2.34 bits per heavy atom. The molecule has 1 aromatic heterocycles. The van der Waals surface area contributed by atoms with Crippen molar-refractivity contribution in [1.82, 2.24) is 20.0 Å². The number of amides is 2. The van der Waals surface area contributed by atoms with Crippen LogP contribution in [0, 0.1) is 0 Å². The number of anilines is 1. The molecule has 3 rings (SSSR count). The largest absolute Gasteiger partial charge is 0.479 e. The Kier molecular flexibility index (Phi) is 6.16. The van der Waals surface area contributed by atoms with Gasteiger partial charge in [-0.3, -0.25) is 19.1 Å². The van der Waals surface area contributed by atoms with Gasteiger partial charge in [-0.2, -0.15) is 0 Å². The molecule has 0 aliphatic carbocycles. The van der Waals surface area contributed by atoms with Crippen LogP contribution in [-0.4, -0.2) is 72.1 Å². The number of nitrogens with one attached hydrogen (secondary N) is 1. The minimum atomic E-state index is -0.396. The Morgan fingerprint density at radius 2 is 1.76 bits per heavy atom. The quantitative estimate of drug-likeness (QED) is 0.719. The number of ketones is 1. The van der Waals surface area contributed by atoms with Crippen molar-refractivity contribution in [2.45, 2.75) is 6.92 Å². The Balaban J connectivity index is 1.49. The third-order valence-corrected chi connectivity index (χ3v) is 4.90. The Bertz CT molecular complexity index is 898. The molecule has 2 heterocycles. The van der Waals surface area contributed by atoms with Gasteiger partial charge < -0.3 is 19.9 Å².